The van der Waals surface area contributed by atoms with Crippen molar-refractivity contribution >= 4 is 0 Å². The molecule has 96 valence electrons. The van der Waals surface area contributed by atoms with Crippen molar-refractivity contribution in [3.63, 3.8) is 0 Å². The maximum atomic E-state index is 3.51. The first-order valence-electron chi connectivity index (χ1n) is 6.72. The molecule has 18 heavy (non-hydrogen) atoms. The lowest BCUT2D eigenvalue weighted by atomic mass is 10.2. The summed E-state index contributed by atoms with van der Waals surface area (Å²) >= 11 is 0. The van der Waals surface area contributed by atoms with Gasteiger partial charge in [-0.1, -0.05) is 37.3 Å². The highest BCUT2D eigenvalue weighted by Gasteiger charge is 2.05. The molecule has 0 aliphatic carbocycles. The van der Waals surface area contributed by atoms with Crippen molar-refractivity contribution in [1.82, 2.24) is 9.88 Å². The van der Waals surface area contributed by atoms with Crippen molar-refractivity contribution in [3.8, 4) is 0 Å². The zero-order chi connectivity index (χ0) is 12.8. The number of hydrogen-bond donors (Lipinski definition) is 1. The summed E-state index contributed by atoms with van der Waals surface area (Å²) in [6.45, 7) is 6.44. The van der Waals surface area contributed by atoms with Gasteiger partial charge in [0.25, 0.3) is 0 Å². The lowest BCUT2D eigenvalue weighted by molar-refractivity contribution is 0.569. The summed E-state index contributed by atoms with van der Waals surface area (Å²) in [6, 6.07) is 13.2. The molecule has 0 spiro atoms. The fourth-order valence-electron chi connectivity index (χ4n) is 2.09. The van der Waals surface area contributed by atoms with E-state index in [0.717, 1.165) is 13.1 Å². The molecule has 0 radical (unpaired) electrons. The first-order chi connectivity index (χ1) is 8.79. The van der Waals surface area contributed by atoms with Gasteiger partial charge in [0.2, 0.25) is 0 Å². The maximum Gasteiger partial charge on any atom is 0.0470 e. The summed E-state index contributed by atoms with van der Waals surface area (Å²) in [5.74, 6) is 0. The molecule has 0 fully saturated rings. The number of aromatic nitrogens is 1. The molecule has 1 aromatic heterocycles. The number of nitrogens with one attached hydrogen (secondary N) is 1. The molecule has 2 rings (SSSR count). The van der Waals surface area contributed by atoms with Crippen LogP contribution in [0.5, 0.6) is 0 Å². The van der Waals surface area contributed by atoms with Crippen molar-refractivity contribution in [2.45, 2.75) is 32.9 Å². The van der Waals surface area contributed by atoms with Crippen molar-refractivity contribution in [3.05, 3.63) is 59.9 Å². The van der Waals surface area contributed by atoms with E-state index in [4.69, 9.17) is 0 Å². The summed E-state index contributed by atoms with van der Waals surface area (Å²) in [4.78, 5) is 0. The minimum absolute atomic E-state index is 0.432. The highest BCUT2D eigenvalue weighted by molar-refractivity contribution is 5.19. The summed E-state index contributed by atoms with van der Waals surface area (Å²) in [5.41, 5.74) is 2.70. The van der Waals surface area contributed by atoms with E-state index in [0.29, 0.717) is 6.04 Å². The van der Waals surface area contributed by atoms with E-state index < -0.39 is 0 Å². The third kappa shape index (κ3) is 3.47. The zero-order valence-electron chi connectivity index (χ0n) is 11.3. The van der Waals surface area contributed by atoms with Crippen LogP contribution in [0.15, 0.2) is 48.8 Å². The van der Waals surface area contributed by atoms with Crippen LogP contribution >= 0.6 is 0 Å². The smallest absolute Gasteiger partial charge is 0.0470 e. The Morgan fingerprint density at radius 3 is 2.67 bits per heavy atom. The van der Waals surface area contributed by atoms with Gasteiger partial charge in [-0.05, 0) is 37.1 Å². The van der Waals surface area contributed by atoms with Gasteiger partial charge in [-0.15, -0.1) is 0 Å². The number of nitrogens with zero attached hydrogens (tertiary/aromatic N) is 1. The van der Waals surface area contributed by atoms with Gasteiger partial charge in [-0.2, -0.15) is 0 Å². The topological polar surface area (TPSA) is 17.0 Å². The molecular weight excluding hydrogens is 220 g/mol. The minimum atomic E-state index is 0.432. The van der Waals surface area contributed by atoms with Gasteiger partial charge < -0.3 is 9.88 Å². The Kier molecular flexibility index (Phi) is 4.59. The molecule has 0 bridgehead atoms. The molecule has 2 aromatic rings. The standard InChI is InChI=1S/C16H22N2/c1-3-10-17-14(2)16-9-11-18(13-16)12-15-7-5-4-6-8-15/h4-9,11,13-14,17H,3,10,12H2,1-2H3/t14-/m0/s1. The Hall–Kier alpha value is -1.54. The number of hydrogen-bond acceptors (Lipinski definition) is 1. The van der Waals surface area contributed by atoms with Gasteiger partial charge >= 0.3 is 0 Å². The van der Waals surface area contributed by atoms with E-state index in [2.05, 4.69) is 72.5 Å². The third-order valence-electron chi connectivity index (χ3n) is 3.18. The van der Waals surface area contributed by atoms with Crippen LogP contribution in [-0.2, 0) is 6.54 Å². The highest BCUT2D eigenvalue weighted by Crippen LogP contribution is 2.13. The molecule has 1 atom stereocenters. The van der Waals surface area contributed by atoms with Crippen LogP contribution in [-0.4, -0.2) is 11.1 Å². The largest absolute Gasteiger partial charge is 0.350 e. The van der Waals surface area contributed by atoms with E-state index >= 15 is 0 Å². The summed E-state index contributed by atoms with van der Waals surface area (Å²) in [7, 11) is 0. The van der Waals surface area contributed by atoms with Crippen LogP contribution in [0, 0.1) is 0 Å². The summed E-state index contributed by atoms with van der Waals surface area (Å²) < 4.78 is 2.24. The van der Waals surface area contributed by atoms with E-state index in [-0.39, 0.29) is 0 Å². The molecule has 0 aliphatic heterocycles. The van der Waals surface area contributed by atoms with Crippen molar-refractivity contribution in [2.75, 3.05) is 6.54 Å². The van der Waals surface area contributed by atoms with Crippen molar-refractivity contribution in [2.24, 2.45) is 0 Å². The Labute approximate surface area is 110 Å². The van der Waals surface area contributed by atoms with Crippen molar-refractivity contribution in [1.29, 1.82) is 0 Å². The van der Waals surface area contributed by atoms with Gasteiger partial charge in [0, 0.05) is 25.0 Å². The molecule has 2 nitrogen and oxygen atoms in total. The van der Waals surface area contributed by atoms with Gasteiger partial charge in [0.1, 0.15) is 0 Å². The fraction of sp³-hybridized carbons (Fsp3) is 0.375. The van der Waals surface area contributed by atoms with Gasteiger partial charge in [0.15, 0.2) is 0 Å². The maximum absolute atomic E-state index is 3.51. The van der Waals surface area contributed by atoms with Crippen LogP contribution in [0.25, 0.3) is 0 Å². The molecule has 1 aromatic carbocycles. The predicted octanol–water partition coefficient (Wildman–Crippen LogP) is 3.60. The Morgan fingerprint density at radius 2 is 1.94 bits per heavy atom. The molecule has 0 saturated carbocycles. The van der Waals surface area contributed by atoms with Crippen LogP contribution in [0.2, 0.25) is 0 Å². The van der Waals surface area contributed by atoms with Gasteiger partial charge in [-0.25, -0.2) is 0 Å². The zero-order valence-corrected chi connectivity index (χ0v) is 11.3. The normalized spacial score (nSPS) is 12.6. The van der Waals surface area contributed by atoms with E-state index in [1.165, 1.54) is 17.5 Å². The molecule has 1 N–H and O–H groups in total. The monoisotopic (exact) mass is 242 g/mol. The van der Waals surface area contributed by atoms with E-state index in [9.17, 15) is 0 Å². The first-order valence-corrected chi connectivity index (χ1v) is 6.72. The second-order valence-corrected chi connectivity index (χ2v) is 4.78. The number of rotatable bonds is 6. The lowest BCUT2D eigenvalue weighted by Gasteiger charge is -2.11. The van der Waals surface area contributed by atoms with Crippen molar-refractivity contribution < 1.29 is 0 Å². The molecule has 0 unspecified atom stereocenters. The SMILES string of the molecule is CCCN[C@@H](C)c1ccn(Cc2ccccc2)c1. The first kappa shape index (κ1) is 12.9. The van der Waals surface area contributed by atoms with E-state index in [1.807, 2.05) is 0 Å². The van der Waals surface area contributed by atoms with Crippen LogP contribution in [0.4, 0.5) is 0 Å². The molecule has 0 aliphatic rings. The van der Waals surface area contributed by atoms with Gasteiger partial charge in [-0.3, -0.25) is 0 Å². The number of benzene rings is 1. The molecular formula is C16H22N2. The predicted molar refractivity (Wildman–Crippen MR) is 76.7 cm³/mol. The minimum Gasteiger partial charge on any atom is -0.350 e. The average Bonchev–Trinajstić information content (AvgIpc) is 2.86. The second kappa shape index (κ2) is 6.41. The summed E-state index contributed by atoms with van der Waals surface area (Å²) in [6.07, 6.45) is 5.57. The third-order valence-corrected chi connectivity index (χ3v) is 3.18. The molecule has 0 saturated heterocycles. The lowest BCUT2D eigenvalue weighted by Crippen LogP contribution is -2.18. The molecule has 2 heteroatoms. The Bertz CT molecular complexity index is 459. The second-order valence-electron chi connectivity index (χ2n) is 4.78. The highest BCUT2D eigenvalue weighted by atomic mass is 15.0. The van der Waals surface area contributed by atoms with E-state index in [1.54, 1.807) is 0 Å². The Morgan fingerprint density at radius 1 is 1.17 bits per heavy atom. The quantitative estimate of drug-likeness (QED) is 0.819. The molecule has 0 amide bonds. The summed E-state index contributed by atoms with van der Waals surface area (Å²) in [5, 5.41) is 3.51. The molecule has 1 heterocycles. The van der Waals surface area contributed by atoms with Crippen LogP contribution in [0.1, 0.15) is 37.4 Å². The van der Waals surface area contributed by atoms with Gasteiger partial charge in [0.05, 0.1) is 0 Å². The average molecular weight is 242 g/mol. The fourth-order valence-corrected chi connectivity index (χ4v) is 2.09. The Balaban J connectivity index is 1.98. The van der Waals surface area contributed by atoms with Crippen LogP contribution < -0.4 is 5.32 Å². The van der Waals surface area contributed by atoms with Crippen LogP contribution in [0.3, 0.4) is 0 Å².